The maximum Gasteiger partial charge on any atom is 0.258 e. The number of aromatic nitrogens is 2. The highest BCUT2D eigenvalue weighted by Crippen LogP contribution is 2.25. The lowest BCUT2D eigenvalue weighted by Gasteiger charge is -2.04. The van der Waals surface area contributed by atoms with Crippen LogP contribution in [0, 0.1) is 0 Å². The zero-order valence-electron chi connectivity index (χ0n) is 8.28. The average Bonchev–Trinajstić information content (AvgIpc) is 2.67. The van der Waals surface area contributed by atoms with Crippen molar-refractivity contribution in [3.05, 3.63) is 32.3 Å². The summed E-state index contributed by atoms with van der Waals surface area (Å²) in [6, 6.07) is 1.50. The molecule has 0 saturated heterocycles. The Morgan fingerprint density at radius 1 is 1.35 bits per heavy atom. The van der Waals surface area contributed by atoms with Gasteiger partial charge in [-0.1, -0.05) is 11.3 Å². The van der Waals surface area contributed by atoms with Crippen LogP contribution in [-0.2, 0) is 0 Å². The minimum atomic E-state index is -0.284. The fourth-order valence-corrected chi connectivity index (χ4v) is 2.60. The fraction of sp³-hybridized carbons (Fsp3) is 0. The molecule has 0 saturated carbocycles. The number of thiazole rings is 1. The molecule has 0 aromatic carbocycles. The van der Waals surface area contributed by atoms with Gasteiger partial charge in [-0.25, -0.2) is 9.97 Å². The standard InChI is InChI=1S/C9H6Br2N4OS/c10-5-2-13-7(12)1-4(5)8(16)15-9-14-3-6(11)17-9/h1-3H,(H2,12,13)(H,14,15,16). The number of nitrogens with zero attached hydrogens (tertiary/aromatic N) is 2. The van der Waals surface area contributed by atoms with Crippen molar-refractivity contribution in [3.8, 4) is 0 Å². The Kier molecular flexibility index (Phi) is 3.75. The van der Waals surface area contributed by atoms with Crippen LogP contribution in [0.1, 0.15) is 10.4 Å². The summed E-state index contributed by atoms with van der Waals surface area (Å²) < 4.78 is 1.43. The minimum Gasteiger partial charge on any atom is -0.384 e. The molecule has 2 heterocycles. The van der Waals surface area contributed by atoms with E-state index < -0.39 is 0 Å². The number of carbonyl (C=O) groups excluding carboxylic acids is 1. The van der Waals surface area contributed by atoms with Gasteiger partial charge in [0.25, 0.3) is 5.91 Å². The van der Waals surface area contributed by atoms with Crippen LogP contribution in [0.4, 0.5) is 10.9 Å². The first-order valence-corrected chi connectivity index (χ1v) is 6.80. The van der Waals surface area contributed by atoms with E-state index in [9.17, 15) is 4.79 Å². The number of amides is 1. The van der Waals surface area contributed by atoms with Crippen molar-refractivity contribution in [3.63, 3.8) is 0 Å². The van der Waals surface area contributed by atoms with E-state index in [1.165, 1.54) is 23.6 Å². The van der Waals surface area contributed by atoms with Gasteiger partial charge in [-0.2, -0.15) is 0 Å². The molecule has 0 aliphatic rings. The quantitative estimate of drug-likeness (QED) is 0.843. The molecule has 1 amide bonds. The lowest BCUT2D eigenvalue weighted by Crippen LogP contribution is -2.13. The first kappa shape index (κ1) is 12.5. The molecule has 3 N–H and O–H groups in total. The fourth-order valence-electron chi connectivity index (χ4n) is 1.11. The number of rotatable bonds is 2. The number of hydrogen-bond acceptors (Lipinski definition) is 5. The Morgan fingerprint density at radius 3 is 2.76 bits per heavy atom. The predicted molar refractivity (Wildman–Crippen MR) is 74.1 cm³/mol. The van der Waals surface area contributed by atoms with E-state index in [2.05, 4.69) is 47.1 Å². The second kappa shape index (κ2) is 5.11. The van der Waals surface area contributed by atoms with Crippen LogP contribution in [0.25, 0.3) is 0 Å². The summed E-state index contributed by atoms with van der Waals surface area (Å²) in [6.07, 6.45) is 3.11. The van der Waals surface area contributed by atoms with E-state index in [1.54, 1.807) is 6.20 Å². The Bertz CT molecular complexity index is 572. The molecule has 0 bridgehead atoms. The van der Waals surface area contributed by atoms with E-state index in [0.717, 1.165) is 3.79 Å². The average molecular weight is 378 g/mol. The molecule has 0 aliphatic heterocycles. The lowest BCUT2D eigenvalue weighted by molar-refractivity contribution is 0.102. The van der Waals surface area contributed by atoms with Gasteiger partial charge in [-0.05, 0) is 37.9 Å². The summed E-state index contributed by atoms with van der Waals surface area (Å²) in [7, 11) is 0. The van der Waals surface area contributed by atoms with E-state index in [1.807, 2.05) is 0 Å². The normalized spacial score (nSPS) is 10.2. The van der Waals surface area contributed by atoms with Gasteiger partial charge < -0.3 is 5.73 Å². The highest BCUT2D eigenvalue weighted by atomic mass is 79.9. The zero-order chi connectivity index (χ0) is 12.4. The van der Waals surface area contributed by atoms with Crippen LogP contribution in [0.2, 0.25) is 0 Å². The van der Waals surface area contributed by atoms with E-state index >= 15 is 0 Å². The summed E-state index contributed by atoms with van der Waals surface area (Å²) in [6.45, 7) is 0. The van der Waals surface area contributed by atoms with Crippen LogP contribution < -0.4 is 11.1 Å². The van der Waals surface area contributed by atoms with Gasteiger partial charge in [0, 0.05) is 10.7 Å². The molecule has 0 radical (unpaired) electrons. The van der Waals surface area contributed by atoms with Crippen molar-refractivity contribution in [2.45, 2.75) is 0 Å². The molecule has 0 aliphatic carbocycles. The molecular weight excluding hydrogens is 372 g/mol. The van der Waals surface area contributed by atoms with E-state index in [-0.39, 0.29) is 5.91 Å². The smallest absolute Gasteiger partial charge is 0.258 e. The zero-order valence-corrected chi connectivity index (χ0v) is 12.3. The monoisotopic (exact) mass is 376 g/mol. The van der Waals surface area contributed by atoms with Gasteiger partial charge >= 0.3 is 0 Å². The van der Waals surface area contributed by atoms with Crippen LogP contribution >= 0.6 is 43.2 Å². The van der Waals surface area contributed by atoms with Gasteiger partial charge in [0.15, 0.2) is 5.13 Å². The Morgan fingerprint density at radius 2 is 2.12 bits per heavy atom. The molecule has 0 unspecified atom stereocenters. The Balaban J connectivity index is 2.22. The van der Waals surface area contributed by atoms with Crippen molar-refractivity contribution in [1.82, 2.24) is 9.97 Å². The number of carbonyl (C=O) groups is 1. The number of nitrogens with two attached hydrogens (primary N) is 1. The first-order chi connectivity index (χ1) is 8.06. The number of nitrogens with one attached hydrogen (secondary N) is 1. The number of pyridine rings is 1. The van der Waals surface area contributed by atoms with Gasteiger partial charge in [-0.15, -0.1) is 0 Å². The largest absolute Gasteiger partial charge is 0.384 e. The Hall–Kier alpha value is -0.990. The van der Waals surface area contributed by atoms with Crippen molar-refractivity contribution in [1.29, 1.82) is 0 Å². The third kappa shape index (κ3) is 3.02. The van der Waals surface area contributed by atoms with Gasteiger partial charge in [0.1, 0.15) is 5.82 Å². The molecule has 88 valence electrons. The Labute approximate surface area is 118 Å². The predicted octanol–water partition coefficient (Wildman–Crippen LogP) is 2.90. The maximum atomic E-state index is 11.9. The SMILES string of the molecule is Nc1cc(C(=O)Nc2ncc(Br)s2)c(Br)cn1. The summed E-state index contributed by atoms with van der Waals surface area (Å²) in [4.78, 5) is 19.8. The van der Waals surface area contributed by atoms with Crippen molar-refractivity contribution >= 4 is 60.1 Å². The molecule has 2 rings (SSSR count). The molecule has 17 heavy (non-hydrogen) atoms. The summed E-state index contributed by atoms with van der Waals surface area (Å²) in [5.74, 6) is 0.00601. The molecule has 0 spiro atoms. The van der Waals surface area contributed by atoms with Gasteiger partial charge in [-0.3, -0.25) is 10.1 Å². The van der Waals surface area contributed by atoms with Crippen LogP contribution in [0.5, 0.6) is 0 Å². The number of anilines is 2. The maximum absolute atomic E-state index is 11.9. The third-order valence-corrected chi connectivity index (χ3v) is 3.84. The summed E-state index contributed by atoms with van der Waals surface area (Å²) in [5.41, 5.74) is 5.95. The molecule has 0 fully saturated rings. The summed E-state index contributed by atoms with van der Waals surface area (Å²) in [5, 5.41) is 3.19. The van der Waals surface area contributed by atoms with Gasteiger partial charge in [0.2, 0.25) is 0 Å². The van der Waals surface area contributed by atoms with Crippen molar-refractivity contribution in [2.24, 2.45) is 0 Å². The first-order valence-electron chi connectivity index (χ1n) is 4.40. The lowest BCUT2D eigenvalue weighted by atomic mass is 10.2. The number of halogens is 2. The third-order valence-electron chi connectivity index (χ3n) is 1.82. The second-order valence-electron chi connectivity index (χ2n) is 3.01. The van der Waals surface area contributed by atoms with Crippen LogP contribution in [0.3, 0.4) is 0 Å². The summed E-state index contributed by atoms with van der Waals surface area (Å²) >= 11 is 7.85. The van der Waals surface area contributed by atoms with Gasteiger partial charge in [0.05, 0.1) is 15.5 Å². The highest BCUT2D eigenvalue weighted by Gasteiger charge is 2.12. The molecule has 8 heteroatoms. The van der Waals surface area contributed by atoms with Crippen LogP contribution in [-0.4, -0.2) is 15.9 Å². The molecule has 2 aromatic heterocycles. The van der Waals surface area contributed by atoms with E-state index in [0.29, 0.717) is 21.0 Å². The topological polar surface area (TPSA) is 80.9 Å². The number of hydrogen-bond donors (Lipinski definition) is 2. The van der Waals surface area contributed by atoms with Crippen LogP contribution in [0.15, 0.2) is 26.7 Å². The highest BCUT2D eigenvalue weighted by molar-refractivity contribution is 9.11. The molecule has 2 aromatic rings. The minimum absolute atomic E-state index is 0.284. The molecule has 5 nitrogen and oxygen atoms in total. The molecule has 0 atom stereocenters. The van der Waals surface area contributed by atoms with Crippen molar-refractivity contribution in [2.75, 3.05) is 11.1 Å². The second-order valence-corrected chi connectivity index (χ2v) is 6.28. The van der Waals surface area contributed by atoms with E-state index in [4.69, 9.17) is 5.73 Å². The number of nitrogen functional groups attached to an aromatic ring is 1. The van der Waals surface area contributed by atoms with Crippen molar-refractivity contribution < 1.29 is 4.79 Å². The molecular formula is C9H6Br2N4OS.